The van der Waals surface area contributed by atoms with Crippen molar-refractivity contribution in [2.75, 3.05) is 13.2 Å². The fraction of sp³-hybridized carbons (Fsp3) is 1.00. The Kier molecular flexibility index (Phi) is 10.9. The van der Waals surface area contributed by atoms with Crippen molar-refractivity contribution in [2.45, 2.75) is 59.3 Å². The van der Waals surface area contributed by atoms with E-state index in [2.05, 4.69) is 4.18 Å². The molecule has 0 atom stereocenters. The topological polar surface area (TPSA) is 63.6 Å². The van der Waals surface area contributed by atoms with Gasteiger partial charge >= 0.3 is 69.4 Å². The second-order valence-electron chi connectivity index (χ2n) is 6.59. The van der Waals surface area contributed by atoms with Crippen LogP contribution in [0.4, 0.5) is 101 Å². The fourth-order valence-corrected chi connectivity index (χ4v) is 2.24. The summed E-state index contributed by atoms with van der Waals surface area (Å²) in [5.41, 5.74) is 0. The van der Waals surface area contributed by atoms with Crippen molar-refractivity contribution in [3.63, 3.8) is 0 Å². The minimum absolute atomic E-state index is 2.15. The highest BCUT2D eigenvalue weighted by Gasteiger charge is 2.86. The van der Waals surface area contributed by atoms with E-state index in [1.165, 1.54) is 0 Å². The molecule has 244 valence electrons. The van der Waals surface area contributed by atoms with Crippen molar-refractivity contribution in [1.82, 2.24) is 0 Å². The molecule has 0 fully saturated rings. The molecule has 0 heterocycles. The minimum atomic E-state index is -8.04. The lowest BCUT2D eigenvalue weighted by molar-refractivity contribution is -0.383. The summed E-state index contributed by atoms with van der Waals surface area (Å²) < 4.78 is 301. The van der Waals surface area contributed by atoms with Gasteiger partial charge in [-0.1, -0.05) is 0 Å². The summed E-state index contributed by atoms with van der Waals surface area (Å²) in [6.45, 7) is -6.52. The number of aliphatic hydroxyl groups is 1. The lowest BCUT2D eigenvalue weighted by atomic mass is 10.1. The maximum atomic E-state index is 13.0. The summed E-state index contributed by atoms with van der Waals surface area (Å²) in [4.78, 5) is 0. The minimum Gasteiger partial charge on any atom is -0.390 e. The van der Waals surface area contributed by atoms with Gasteiger partial charge in [0, 0.05) is 0 Å². The van der Waals surface area contributed by atoms with Crippen molar-refractivity contribution in [3.05, 3.63) is 0 Å². The third kappa shape index (κ3) is 7.00. The van der Waals surface area contributed by atoms with Gasteiger partial charge in [-0.15, -0.1) is 0 Å². The smallest absolute Gasteiger partial charge is 0.390 e. The van der Waals surface area contributed by atoms with Crippen LogP contribution in [-0.2, 0) is 14.3 Å². The van der Waals surface area contributed by atoms with Crippen LogP contribution < -0.4 is 0 Å². The molecule has 0 rings (SSSR count). The van der Waals surface area contributed by atoms with Crippen LogP contribution in [0.5, 0.6) is 0 Å². The van der Waals surface area contributed by atoms with E-state index < -0.39 is 82.7 Å². The third-order valence-corrected chi connectivity index (χ3v) is 4.97. The highest BCUT2D eigenvalue weighted by Crippen LogP contribution is 2.55. The molecule has 1 N–H and O–H groups in total. The molecule has 0 aromatic heterocycles. The normalized spacial score (nSPS) is 16.0. The molecular formula is C12H5F23O4S. The molecule has 28 heteroatoms. The van der Waals surface area contributed by atoms with Crippen LogP contribution in [0.25, 0.3) is 0 Å². The van der Waals surface area contributed by atoms with Gasteiger partial charge < -0.3 is 5.11 Å². The number of halogens is 23. The number of hydrogen-bond acceptors (Lipinski definition) is 4. The van der Waals surface area contributed by atoms with E-state index in [-0.39, 0.29) is 0 Å². The largest absolute Gasteiger partial charge is 0.460 e. The first-order chi connectivity index (χ1) is 16.8. The van der Waals surface area contributed by atoms with Crippen molar-refractivity contribution in [2.24, 2.45) is 0 Å². The van der Waals surface area contributed by atoms with Gasteiger partial charge in [0.15, 0.2) is 0 Å². The van der Waals surface area contributed by atoms with Crippen LogP contribution in [0.15, 0.2) is 0 Å². The molecule has 0 amide bonds. The van der Waals surface area contributed by atoms with Gasteiger partial charge in [-0.3, -0.25) is 4.18 Å². The van der Waals surface area contributed by atoms with E-state index in [1.54, 1.807) is 0 Å². The SMILES string of the molecule is O=S(=O)(OCC(F)(F)C(F)(F)C(F)(F)F)C(F)(F)C(F)(F)C(F)(F)C(F)(F)F.OCC(F)(F)C(F)(F)C(F)(F)F. The van der Waals surface area contributed by atoms with Crippen LogP contribution in [0, 0.1) is 0 Å². The molecule has 0 aliphatic rings. The van der Waals surface area contributed by atoms with Crippen molar-refractivity contribution >= 4 is 10.1 Å². The second-order valence-corrected chi connectivity index (χ2v) is 8.25. The third-order valence-electron chi connectivity index (χ3n) is 3.65. The Morgan fingerprint density at radius 1 is 0.450 bits per heavy atom. The molecule has 0 bridgehead atoms. The first kappa shape index (κ1) is 40.4. The van der Waals surface area contributed by atoms with Crippen molar-refractivity contribution < 1.29 is 119 Å². The highest BCUT2D eigenvalue weighted by molar-refractivity contribution is 7.87. The van der Waals surface area contributed by atoms with Crippen LogP contribution >= 0.6 is 0 Å². The van der Waals surface area contributed by atoms with E-state index in [9.17, 15) is 109 Å². The Hall–Kier alpha value is -1.74. The summed E-state index contributed by atoms with van der Waals surface area (Å²) in [5, 5.41) is -0.143. The molecule has 0 aromatic rings. The second kappa shape index (κ2) is 10.8. The van der Waals surface area contributed by atoms with Gasteiger partial charge in [0.1, 0.15) is 13.2 Å². The van der Waals surface area contributed by atoms with E-state index in [4.69, 9.17) is 5.11 Å². The molecule has 0 unspecified atom stereocenters. The predicted octanol–water partition coefficient (Wildman–Crippen LogP) is 6.40. The Morgan fingerprint density at radius 2 is 0.725 bits per heavy atom. The number of hydrogen-bond donors (Lipinski definition) is 1. The van der Waals surface area contributed by atoms with Gasteiger partial charge in [0.2, 0.25) is 0 Å². The first-order valence-electron chi connectivity index (χ1n) is 8.11. The standard InChI is InChI=1S/C8H2F16O3S.C4H3F7O/c9-2(10,3(11,12)6(17,18)19)1-27-28(25,26)8(23,24)5(15,16)4(13,14)7(20,21)22;5-2(6,1-12)3(7,8)4(9,10)11/h1H2;12H,1H2. The summed E-state index contributed by atoms with van der Waals surface area (Å²) >= 11 is 0. The van der Waals surface area contributed by atoms with E-state index in [0.29, 0.717) is 0 Å². The molecule has 0 saturated carbocycles. The lowest BCUT2D eigenvalue weighted by Gasteiger charge is -2.33. The summed E-state index contributed by atoms with van der Waals surface area (Å²) in [5.74, 6) is -41.4. The summed E-state index contributed by atoms with van der Waals surface area (Å²) in [6.07, 6.45) is -21.1. The van der Waals surface area contributed by atoms with Crippen LogP contribution in [-0.4, -0.2) is 86.1 Å². The molecule has 0 aliphatic carbocycles. The van der Waals surface area contributed by atoms with Gasteiger partial charge in [0.05, 0.1) is 0 Å². The van der Waals surface area contributed by atoms with Gasteiger partial charge in [0.25, 0.3) is 0 Å². The maximum absolute atomic E-state index is 13.0. The van der Waals surface area contributed by atoms with Crippen LogP contribution in [0.2, 0.25) is 0 Å². The molecular weight excluding hydrogens is 677 g/mol. The molecule has 0 aliphatic heterocycles. The monoisotopic (exact) mass is 682 g/mol. The van der Waals surface area contributed by atoms with E-state index in [0.717, 1.165) is 0 Å². The Bertz CT molecular complexity index is 956. The summed E-state index contributed by atoms with van der Waals surface area (Å²) in [6, 6.07) is 0. The molecule has 0 saturated heterocycles. The quantitative estimate of drug-likeness (QED) is 0.226. The zero-order chi connectivity index (χ0) is 33.6. The Balaban J connectivity index is 0. The average molecular weight is 682 g/mol. The molecule has 40 heavy (non-hydrogen) atoms. The van der Waals surface area contributed by atoms with Crippen LogP contribution in [0.1, 0.15) is 0 Å². The van der Waals surface area contributed by atoms with Crippen LogP contribution in [0.3, 0.4) is 0 Å². The molecule has 0 spiro atoms. The molecule has 4 nitrogen and oxygen atoms in total. The van der Waals surface area contributed by atoms with Gasteiger partial charge in [-0.05, 0) is 0 Å². The zero-order valence-corrected chi connectivity index (χ0v) is 18.0. The zero-order valence-electron chi connectivity index (χ0n) is 17.2. The number of aliphatic hydroxyl groups excluding tert-OH is 1. The Morgan fingerprint density at radius 3 is 0.950 bits per heavy atom. The van der Waals surface area contributed by atoms with E-state index in [1.807, 2.05) is 0 Å². The van der Waals surface area contributed by atoms with Crippen molar-refractivity contribution in [1.29, 1.82) is 0 Å². The summed E-state index contributed by atoms with van der Waals surface area (Å²) in [7, 11) is -8.04. The lowest BCUT2D eigenvalue weighted by Crippen LogP contribution is -2.63. The van der Waals surface area contributed by atoms with Gasteiger partial charge in [-0.25, -0.2) is 0 Å². The fourth-order valence-electron chi connectivity index (χ4n) is 1.35. The van der Waals surface area contributed by atoms with Crippen molar-refractivity contribution in [3.8, 4) is 0 Å². The van der Waals surface area contributed by atoms with E-state index >= 15 is 0 Å². The predicted molar refractivity (Wildman–Crippen MR) is 74.8 cm³/mol. The first-order valence-corrected chi connectivity index (χ1v) is 9.52. The Labute approximate surface area is 202 Å². The average Bonchev–Trinajstić information content (AvgIpc) is 2.69. The molecule has 0 aromatic carbocycles. The highest BCUT2D eigenvalue weighted by atomic mass is 32.2. The number of alkyl halides is 23. The van der Waals surface area contributed by atoms with Gasteiger partial charge in [-0.2, -0.15) is 109 Å². The molecule has 0 radical (unpaired) electrons. The number of rotatable bonds is 9. The maximum Gasteiger partial charge on any atom is 0.460 e.